The number of benzene rings is 3. The second kappa shape index (κ2) is 8.90. The fraction of sp³-hybridized carbons (Fsp3) is 0.0435. The van der Waals surface area contributed by atoms with E-state index in [9.17, 15) is 0 Å². The number of ether oxygens (including phenoxy) is 1. The fourth-order valence-corrected chi connectivity index (χ4v) is 3.72. The van der Waals surface area contributed by atoms with Crippen LogP contribution in [0.1, 0.15) is 5.56 Å². The summed E-state index contributed by atoms with van der Waals surface area (Å²) in [6, 6.07) is 25.2. The van der Waals surface area contributed by atoms with Crippen molar-refractivity contribution in [3.05, 3.63) is 99.6 Å². The van der Waals surface area contributed by atoms with Gasteiger partial charge in [0.25, 0.3) is 0 Å². The van der Waals surface area contributed by atoms with E-state index in [0.717, 1.165) is 33.1 Å². The zero-order valence-electron chi connectivity index (χ0n) is 15.7. The Morgan fingerprint density at radius 3 is 2.45 bits per heavy atom. The number of nitrogens with zero attached hydrogens (tertiary/aromatic N) is 3. The Morgan fingerprint density at radius 1 is 0.931 bits per heavy atom. The van der Waals surface area contributed by atoms with E-state index in [1.54, 1.807) is 24.6 Å². The molecule has 0 N–H and O–H groups in total. The minimum atomic E-state index is 0.703. The lowest BCUT2D eigenvalue weighted by Crippen LogP contribution is -2.11. The zero-order chi connectivity index (χ0) is 20.1. The van der Waals surface area contributed by atoms with Crippen LogP contribution in [0.15, 0.2) is 94.3 Å². The highest BCUT2D eigenvalue weighted by molar-refractivity contribution is 7.07. The van der Waals surface area contributed by atoms with Gasteiger partial charge in [-0.2, -0.15) is 5.10 Å². The van der Waals surface area contributed by atoms with Crippen molar-refractivity contribution in [2.45, 2.75) is 0 Å². The molecule has 0 radical (unpaired) electrons. The van der Waals surface area contributed by atoms with Crippen LogP contribution >= 0.6 is 22.9 Å². The van der Waals surface area contributed by atoms with Crippen LogP contribution in [0.5, 0.6) is 11.5 Å². The highest BCUT2D eigenvalue weighted by Crippen LogP contribution is 2.23. The summed E-state index contributed by atoms with van der Waals surface area (Å²) in [6.07, 6.45) is 1.80. The Labute approximate surface area is 178 Å². The summed E-state index contributed by atoms with van der Waals surface area (Å²) in [6.45, 7) is 0. The molecule has 3 aromatic carbocycles. The van der Waals surface area contributed by atoms with E-state index >= 15 is 0 Å². The van der Waals surface area contributed by atoms with Gasteiger partial charge in [0.1, 0.15) is 11.5 Å². The SMILES string of the molecule is CN=c1scc(-c2ccc(Cl)cc2)n1N=Cc1cccc(Oc2ccccc2)c1. The first-order valence-corrected chi connectivity index (χ1v) is 10.3. The fourth-order valence-electron chi connectivity index (χ4n) is 2.79. The lowest BCUT2D eigenvalue weighted by molar-refractivity contribution is 0.482. The van der Waals surface area contributed by atoms with Gasteiger partial charge < -0.3 is 4.74 Å². The summed E-state index contributed by atoms with van der Waals surface area (Å²) in [5.74, 6) is 1.56. The Kier molecular flexibility index (Phi) is 5.89. The third-order valence-corrected chi connectivity index (χ3v) is 5.34. The normalized spacial score (nSPS) is 11.9. The third kappa shape index (κ3) is 4.65. The van der Waals surface area contributed by atoms with Crippen molar-refractivity contribution >= 4 is 29.2 Å². The summed E-state index contributed by atoms with van der Waals surface area (Å²) in [5.41, 5.74) is 2.92. The van der Waals surface area contributed by atoms with Crippen molar-refractivity contribution in [1.29, 1.82) is 0 Å². The molecule has 0 unspecified atom stereocenters. The molecule has 0 fully saturated rings. The van der Waals surface area contributed by atoms with Crippen molar-refractivity contribution < 1.29 is 4.74 Å². The van der Waals surface area contributed by atoms with Crippen LogP contribution in [0.2, 0.25) is 5.02 Å². The van der Waals surface area contributed by atoms with Gasteiger partial charge in [-0.15, -0.1) is 11.3 Å². The third-order valence-electron chi connectivity index (χ3n) is 4.18. The van der Waals surface area contributed by atoms with Crippen molar-refractivity contribution in [3.8, 4) is 22.8 Å². The topological polar surface area (TPSA) is 38.9 Å². The minimum Gasteiger partial charge on any atom is -0.457 e. The van der Waals surface area contributed by atoms with Gasteiger partial charge >= 0.3 is 0 Å². The van der Waals surface area contributed by atoms with Gasteiger partial charge in [-0.25, -0.2) is 4.68 Å². The molecule has 6 heteroatoms. The van der Waals surface area contributed by atoms with Crippen LogP contribution in [-0.4, -0.2) is 17.9 Å². The van der Waals surface area contributed by atoms with Crippen LogP contribution in [-0.2, 0) is 0 Å². The second-order valence-corrected chi connectivity index (χ2v) is 7.45. The first-order chi connectivity index (χ1) is 14.2. The van der Waals surface area contributed by atoms with E-state index in [2.05, 4.69) is 10.1 Å². The Bertz CT molecular complexity index is 1190. The number of para-hydroxylation sites is 1. The molecule has 0 aliphatic carbocycles. The lowest BCUT2D eigenvalue weighted by Gasteiger charge is -2.06. The van der Waals surface area contributed by atoms with E-state index in [4.69, 9.17) is 16.3 Å². The molecule has 0 aliphatic heterocycles. The van der Waals surface area contributed by atoms with Gasteiger partial charge in [0.05, 0.1) is 11.9 Å². The molecule has 0 amide bonds. The average molecular weight is 420 g/mol. The molecule has 0 aliphatic rings. The first-order valence-electron chi connectivity index (χ1n) is 8.99. The van der Waals surface area contributed by atoms with Crippen LogP contribution in [0.3, 0.4) is 0 Å². The van der Waals surface area contributed by atoms with E-state index in [0.29, 0.717) is 5.02 Å². The van der Waals surface area contributed by atoms with Gasteiger partial charge in [-0.1, -0.05) is 54.1 Å². The van der Waals surface area contributed by atoms with Gasteiger partial charge in [0.15, 0.2) is 0 Å². The predicted octanol–water partition coefficient (Wildman–Crippen LogP) is 6.08. The highest BCUT2D eigenvalue weighted by Gasteiger charge is 2.07. The summed E-state index contributed by atoms with van der Waals surface area (Å²) in [5, 5.41) is 7.42. The Hall–Kier alpha value is -3.15. The van der Waals surface area contributed by atoms with Crippen LogP contribution in [0, 0.1) is 0 Å². The van der Waals surface area contributed by atoms with Crippen LogP contribution in [0.25, 0.3) is 11.3 Å². The molecule has 0 bridgehead atoms. The second-order valence-electron chi connectivity index (χ2n) is 6.18. The van der Waals surface area contributed by atoms with Crippen molar-refractivity contribution in [1.82, 2.24) is 4.68 Å². The number of hydrogen-bond donors (Lipinski definition) is 0. The van der Waals surface area contributed by atoms with Crippen molar-refractivity contribution in [2.24, 2.45) is 10.1 Å². The smallest absolute Gasteiger partial charge is 0.205 e. The molecule has 0 saturated heterocycles. The van der Waals surface area contributed by atoms with Gasteiger partial charge in [-0.05, 0) is 42.0 Å². The molecule has 0 saturated carbocycles. The minimum absolute atomic E-state index is 0.703. The highest BCUT2D eigenvalue weighted by atomic mass is 35.5. The van der Waals surface area contributed by atoms with Crippen molar-refractivity contribution in [3.63, 3.8) is 0 Å². The maximum atomic E-state index is 6.02. The molecule has 1 aromatic heterocycles. The summed E-state index contributed by atoms with van der Waals surface area (Å²) in [4.78, 5) is 5.15. The lowest BCUT2D eigenvalue weighted by atomic mass is 10.2. The van der Waals surface area contributed by atoms with E-state index < -0.39 is 0 Å². The monoisotopic (exact) mass is 419 g/mol. The number of aromatic nitrogens is 1. The maximum Gasteiger partial charge on any atom is 0.205 e. The molecule has 144 valence electrons. The van der Waals surface area contributed by atoms with E-state index in [1.807, 2.05) is 88.9 Å². The molecule has 4 nitrogen and oxygen atoms in total. The standard InChI is InChI=1S/C23H18ClN3OS/c1-25-23-27(22(16-29-23)18-10-12-19(24)13-11-18)26-15-17-6-5-9-21(14-17)28-20-7-3-2-4-8-20/h2-16H,1H3. The number of hydrogen-bond acceptors (Lipinski definition) is 4. The maximum absolute atomic E-state index is 6.02. The number of halogens is 1. The zero-order valence-corrected chi connectivity index (χ0v) is 17.3. The molecule has 1 heterocycles. The van der Waals surface area contributed by atoms with E-state index in [-0.39, 0.29) is 0 Å². The number of rotatable bonds is 5. The Morgan fingerprint density at radius 2 is 1.69 bits per heavy atom. The first kappa shape index (κ1) is 19.2. The van der Waals surface area contributed by atoms with Gasteiger partial charge in [0, 0.05) is 23.0 Å². The molecule has 4 aromatic rings. The quantitative estimate of drug-likeness (QED) is 0.361. The average Bonchev–Trinajstić information content (AvgIpc) is 3.17. The van der Waals surface area contributed by atoms with Crippen LogP contribution in [0.4, 0.5) is 0 Å². The summed E-state index contributed by atoms with van der Waals surface area (Å²) in [7, 11) is 1.76. The Balaban J connectivity index is 1.63. The number of thiazole rings is 1. The molecule has 0 atom stereocenters. The molecule has 0 spiro atoms. The predicted molar refractivity (Wildman–Crippen MR) is 120 cm³/mol. The van der Waals surface area contributed by atoms with E-state index in [1.165, 1.54) is 0 Å². The van der Waals surface area contributed by atoms with Crippen molar-refractivity contribution in [2.75, 3.05) is 7.05 Å². The summed E-state index contributed by atoms with van der Waals surface area (Å²) >= 11 is 7.56. The largest absolute Gasteiger partial charge is 0.457 e. The van der Waals surface area contributed by atoms with Crippen LogP contribution < -0.4 is 9.54 Å². The molecule has 29 heavy (non-hydrogen) atoms. The molecular weight excluding hydrogens is 402 g/mol. The van der Waals surface area contributed by atoms with Gasteiger partial charge in [0.2, 0.25) is 4.80 Å². The molecule has 4 rings (SSSR count). The van der Waals surface area contributed by atoms with Gasteiger partial charge in [-0.3, -0.25) is 4.99 Å². The molecular formula is C23H18ClN3OS. The summed E-state index contributed by atoms with van der Waals surface area (Å²) < 4.78 is 7.74.